The highest BCUT2D eigenvalue weighted by Crippen LogP contribution is 2.28. The molecule has 1 atom stereocenters. The molecule has 0 fully saturated rings. The third-order valence-corrected chi connectivity index (χ3v) is 3.92. The largest absolute Gasteiger partial charge is 0.497 e. The smallest absolute Gasteiger partial charge is 0.277 e. The number of hydrogen-bond donors (Lipinski definition) is 1. The summed E-state index contributed by atoms with van der Waals surface area (Å²) in [7, 11) is 1.60. The number of benzene rings is 2. The maximum atomic E-state index is 11.9. The molecule has 0 aliphatic heterocycles. The van der Waals surface area contributed by atoms with Gasteiger partial charge >= 0.3 is 0 Å². The molecule has 0 radical (unpaired) electrons. The first-order chi connectivity index (χ1) is 12.1. The van der Waals surface area contributed by atoms with Gasteiger partial charge in [-0.2, -0.15) is 5.10 Å². The number of nitrogens with zero attached hydrogens (tertiary/aromatic N) is 1. The van der Waals surface area contributed by atoms with E-state index < -0.39 is 0 Å². The van der Waals surface area contributed by atoms with Gasteiger partial charge in [0.2, 0.25) is 0 Å². The highest BCUT2D eigenvalue weighted by Gasteiger charge is 2.10. The second kappa shape index (κ2) is 9.47. The molecule has 0 heterocycles. The van der Waals surface area contributed by atoms with Crippen molar-refractivity contribution >= 4 is 12.1 Å². The van der Waals surface area contributed by atoms with E-state index in [4.69, 9.17) is 9.47 Å². The Kier molecular flexibility index (Phi) is 7.01. The molecular formula is C20H24N2O3. The Morgan fingerprint density at radius 2 is 2.04 bits per heavy atom. The molecule has 0 aromatic heterocycles. The average Bonchev–Trinajstić information content (AvgIpc) is 2.66. The molecule has 0 bridgehead atoms. The van der Waals surface area contributed by atoms with Crippen LogP contribution in [0.3, 0.4) is 0 Å². The van der Waals surface area contributed by atoms with Gasteiger partial charge in [0, 0.05) is 0 Å². The van der Waals surface area contributed by atoms with Crippen LogP contribution in [-0.4, -0.2) is 25.8 Å². The van der Waals surface area contributed by atoms with Crippen LogP contribution in [0.25, 0.3) is 0 Å². The van der Waals surface area contributed by atoms with E-state index >= 15 is 0 Å². The fourth-order valence-electron chi connectivity index (χ4n) is 2.32. The number of amides is 1. The first kappa shape index (κ1) is 18.5. The molecular weight excluding hydrogens is 316 g/mol. The van der Waals surface area contributed by atoms with Crippen molar-refractivity contribution in [2.45, 2.75) is 26.2 Å². The van der Waals surface area contributed by atoms with Crippen LogP contribution in [0.1, 0.15) is 37.3 Å². The first-order valence-corrected chi connectivity index (χ1v) is 8.31. The zero-order valence-electron chi connectivity index (χ0n) is 14.9. The summed E-state index contributed by atoms with van der Waals surface area (Å²) >= 11 is 0. The maximum Gasteiger partial charge on any atom is 0.277 e. The van der Waals surface area contributed by atoms with Crippen molar-refractivity contribution in [3.63, 3.8) is 0 Å². The molecule has 1 amide bonds. The number of hydrazone groups is 1. The molecule has 132 valence electrons. The zero-order chi connectivity index (χ0) is 18.1. The third kappa shape index (κ3) is 5.64. The Labute approximate surface area is 148 Å². The Balaban J connectivity index is 1.88. The van der Waals surface area contributed by atoms with Crippen molar-refractivity contribution in [1.29, 1.82) is 0 Å². The quantitative estimate of drug-likeness (QED) is 0.588. The van der Waals surface area contributed by atoms with Crippen LogP contribution < -0.4 is 14.9 Å². The van der Waals surface area contributed by atoms with Gasteiger partial charge in [0.1, 0.15) is 11.5 Å². The van der Waals surface area contributed by atoms with Crippen LogP contribution in [0.2, 0.25) is 0 Å². The molecule has 5 heteroatoms. The molecule has 2 aromatic carbocycles. The molecule has 2 aromatic rings. The molecule has 5 nitrogen and oxygen atoms in total. The van der Waals surface area contributed by atoms with Gasteiger partial charge in [0.05, 0.1) is 13.3 Å². The van der Waals surface area contributed by atoms with E-state index in [1.165, 1.54) is 0 Å². The highest BCUT2D eigenvalue weighted by molar-refractivity contribution is 5.83. The lowest BCUT2D eigenvalue weighted by Gasteiger charge is -2.15. The van der Waals surface area contributed by atoms with Crippen LogP contribution in [-0.2, 0) is 4.79 Å². The van der Waals surface area contributed by atoms with E-state index in [-0.39, 0.29) is 12.5 Å². The van der Waals surface area contributed by atoms with Gasteiger partial charge in [-0.3, -0.25) is 4.79 Å². The monoisotopic (exact) mass is 340 g/mol. The Morgan fingerprint density at radius 1 is 1.24 bits per heavy atom. The minimum Gasteiger partial charge on any atom is -0.497 e. The van der Waals surface area contributed by atoms with Gasteiger partial charge in [-0.05, 0) is 41.7 Å². The second-order valence-electron chi connectivity index (χ2n) is 5.71. The Hall–Kier alpha value is -2.82. The number of ether oxygens (including phenoxy) is 2. The van der Waals surface area contributed by atoms with Gasteiger partial charge in [-0.25, -0.2) is 5.43 Å². The van der Waals surface area contributed by atoms with E-state index in [1.54, 1.807) is 13.3 Å². The maximum absolute atomic E-state index is 11.9. The normalized spacial score (nSPS) is 12.0. The van der Waals surface area contributed by atoms with E-state index in [2.05, 4.69) is 24.4 Å². The third-order valence-electron chi connectivity index (χ3n) is 3.92. The minimum absolute atomic E-state index is 0.0805. The fourth-order valence-corrected chi connectivity index (χ4v) is 2.32. The standard InChI is InChI=1S/C20H24N2O3/c1-4-15(2)18-10-5-6-11-19(18)25-14-20(23)22-21-13-16-8-7-9-17(12-16)24-3/h5-13,15H,4,14H2,1-3H3,(H,22,23)/b21-13+. The van der Waals surface area contributed by atoms with Gasteiger partial charge in [0.15, 0.2) is 6.61 Å². The van der Waals surface area contributed by atoms with Crippen LogP contribution in [0, 0.1) is 0 Å². The van der Waals surface area contributed by atoms with Crippen molar-refractivity contribution in [3.05, 3.63) is 59.7 Å². The number of methoxy groups -OCH3 is 1. The minimum atomic E-state index is -0.307. The van der Waals surface area contributed by atoms with Crippen LogP contribution in [0.4, 0.5) is 0 Å². The summed E-state index contributed by atoms with van der Waals surface area (Å²) in [4.78, 5) is 11.9. The summed E-state index contributed by atoms with van der Waals surface area (Å²) in [5.74, 6) is 1.55. The summed E-state index contributed by atoms with van der Waals surface area (Å²) in [5.41, 5.74) is 4.41. The van der Waals surface area contributed by atoms with E-state index in [9.17, 15) is 4.79 Å². The molecule has 1 unspecified atom stereocenters. The van der Waals surface area contributed by atoms with Crippen molar-refractivity contribution in [3.8, 4) is 11.5 Å². The van der Waals surface area contributed by atoms with Crippen molar-refractivity contribution in [2.24, 2.45) is 5.10 Å². The van der Waals surface area contributed by atoms with Gasteiger partial charge in [-0.15, -0.1) is 0 Å². The first-order valence-electron chi connectivity index (χ1n) is 8.31. The lowest BCUT2D eigenvalue weighted by atomic mass is 9.98. The average molecular weight is 340 g/mol. The molecule has 2 rings (SSSR count). The van der Waals surface area contributed by atoms with E-state index in [1.807, 2.05) is 48.5 Å². The van der Waals surface area contributed by atoms with Crippen LogP contribution in [0.15, 0.2) is 53.6 Å². The molecule has 0 aliphatic carbocycles. The predicted molar refractivity (Wildman–Crippen MR) is 99.4 cm³/mol. The Bertz CT molecular complexity index is 728. The second-order valence-corrected chi connectivity index (χ2v) is 5.71. The van der Waals surface area contributed by atoms with E-state index in [0.717, 1.165) is 29.0 Å². The number of hydrogen-bond acceptors (Lipinski definition) is 4. The number of carbonyl (C=O) groups excluding carboxylic acids is 1. The van der Waals surface area contributed by atoms with Crippen molar-refractivity contribution in [1.82, 2.24) is 5.43 Å². The van der Waals surface area contributed by atoms with E-state index in [0.29, 0.717) is 5.92 Å². The predicted octanol–water partition coefficient (Wildman–Crippen LogP) is 3.74. The molecule has 0 aliphatic rings. The topological polar surface area (TPSA) is 59.9 Å². The van der Waals surface area contributed by atoms with Crippen molar-refractivity contribution < 1.29 is 14.3 Å². The number of nitrogens with one attached hydrogen (secondary N) is 1. The lowest BCUT2D eigenvalue weighted by Crippen LogP contribution is -2.24. The Morgan fingerprint density at radius 3 is 2.80 bits per heavy atom. The fraction of sp³-hybridized carbons (Fsp3) is 0.300. The van der Waals surface area contributed by atoms with Crippen molar-refractivity contribution in [2.75, 3.05) is 13.7 Å². The SMILES string of the molecule is CCC(C)c1ccccc1OCC(=O)N/N=C/c1cccc(OC)c1. The number of para-hydroxylation sites is 1. The molecule has 0 saturated carbocycles. The van der Waals surface area contributed by atoms with Crippen LogP contribution in [0.5, 0.6) is 11.5 Å². The molecule has 25 heavy (non-hydrogen) atoms. The summed E-state index contributed by atoms with van der Waals surface area (Å²) in [6.07, 6.45) is 2.57. The van der Waals surface area contributed by atoms with Gasteiger partial charge in [-0.1, -0.05) is 44.2 Å². The summed E-state index contributed by atoms with van der Waals surface area (Å²) in [5, 5.41) is 3.94. The molecule has 0 saturated heterocycles. The van der Waals surface area contributed by atoms with Gasteiger partial charge in [0.25, 0.3) is 5.91 Å². The number of rotatable bonds is 8. The highest BCUT2D eigenvalue weighted by atomic mass is 16.5. The van der Waals surface area contributed by atoms with Gasteiger partial charge < -0.3 is 9.47 Å². The summed E-state index contributed by atoms with van der Waals surface area (Å²) in [6.45, 7) is 4.19. The lowest BCUT2D eigenvalue weighted by molar-refractivity contribution is -0.123. The zero-order valence-corrected chi connectivity index (χ0v) is 14.9. The molecule has 0 spiro atoms. The number of carbonyl (C=O) groups is 1. The summed E-state index contributed by atoms with van der Waals surface area (Å²) in [6, 6.07) is 15.2. The molecule has 1 N–H and O–H groups in total. The summed E-state index contributed by atoms with van der Waals surface area (Å²) < 4.78 is 10.8. The van der Waals surface area contributed by atoms with Crippen LogP contribution >= 0.6 is 0 Å².